The summed E-state index contributed by atoms with van der Waals surface area (Å²) in [5.74, 6) is 0.897. The third kappa shape index (κ3) is 2.09. The van der Waals surface area contributed by atoms with E-state index in [1.807, 2.05) is 26.0 Å². The van der Waals surface area contributed by atoms with Gasteiger partial charge in [-0.15, -0.1) is 0 Å². The van der Waals surface area contributed by atoms with Crippen LogP contribution in [0.4, 0.5) is 5.69 Å². The van der Waals surface area contributed by atoms with Gasteiger partial charge in [0, 0.05) is 23.6 Å². The second-order valence-corrected chi connectivity index (χ2v) is 4.10. The summed E-state index contributed by atoms with van der Waals surface area (Å²) in [7, 11) is 1.68. The van der Waals surface area contributed by atoms with Crippen molar-refractivity contribution >= 4 is 5.69 Å². The number of aromatic nitrogens is 1. The minimum Gasteiger partial charge on any atom is -0.496 e. The molecule has 0 spiro atoms. The third-order valence-electron chi connectivity index (χ3n) is 2.89. The lowest BCUT2D eigenvalue weighted by Gasteiger charge is -2.12. The highest BCUT2D eigenvalue weighted by molar-refractivity contribution is 5.78. The molecule has 17 heavy (non-hydrogen) atoms. The summed E-state index contributed by atoms with van der Waals surface area (Å²) in [4.78, 5) is 4.12. The van der Waals surface area contributed by atoms with Crippen molar-refractivity contribution in [3.63, 3.8) is 0 Å². The van der Waals surface area contributed by atoms with E-state index in [0.29, 0.717) is 0 Å². The van der Waals surface area contributed by atoms with Crippen LogP contribution in [0.2, 0.25) is 0 Å². The molecule has 1 aromatic heterocycles. The Balaban J connectivity index is 2.61. The predicted octanol–water partition coefficient (Wildman–Crippen LogP) is 2.96. The maximum absolute atomic E-state index is 5.97. The Kier molecular flexibility index (Phi) is 3.00. The molecule has 1 heterocycles. The van der Waals surface area contributed by atoms with Crippen molar-refractivity contribution in [1.82, 2.24) is 4.98 Å². The Labute approximate surface area is 101 Å². The summed E-state index contributed by atoms with van der Waals surface area (Å²) < 4.78 is 5.30. The molecule has 0 amide bonds. The lowest BCUT2D eigenvalue weighted by molar-refractivity contribution is 0.411. The molecule has 0 aliphatic heterocycles. The van der Waals surface area contributed by atoms with E-state index in [1.54, 1.807) is 19.5 Å². The van der Waals surface area contributed by atoms with Gasteiger partial charge in [0.05, 0.1) is 7.11 Å². The zero-order chi connectivity index (χ0) is 12.4. The molecule has 0 unspecified atom stereocenters. The molecular formula is C14H16N2O. The first kappa shape index (κ1) is 11.5. The van der Waals surface area contributed by atoms with E-state index < -0.39 is 0 Å². The molecule has 0 saturated heterocycles. The number of anilines is 1. The molecule has 2 aromatic rings. The summed E-state index contributed by atoms with van der Waals surface area (Å²) in [5, 5.41) is 0. The van der Waals surface area contributed by atoms with E-state index >= 15 is 0 Å². The molecule has 0 radical (unpaired) electrons. The highest BCUT2D eigenvalue weighted by Gasteiger charge is 2.09. The maximum Gasteiger partial charge on any atom is 0.122 e. The zero-order valence-electron chi connectivity index (χ0n) is 10.3. The molecule has 0 bridgehead atoms. The molecule has 88 valence electrons. The number of nitrogen functional groups attached to an aromatic ring is 1. The number of nitrogens with zero attached hydrogens (tertiary/aromatic N) is 1. The van der Waals surface area contributed by atoms with Crippen LogP contribution in [-0.4, -0.2) is 12.1 Å². The van der Waals surface area contributed by atoms with Gasteiger partial charge in [-0.3, -0.25) is 4.98 Å². The van der Waals surface area contributed by atoms with Gasteiger partial charge in [-0.2, -0.15) is 0 Å². The van der Waals surface area contributed by atoms with Crippen molar-refractivity contribution < 1.29 is 4.74 Å². The number of benzene rings is 1. The van der Waals surface area contributed by atoms with Crippen molar-refractivity contribution in [3.8, 4) is 16.9 Å². The molecule has 0 fully saturated rings. The summed E-state index contributed by atoms with van der Waals surface area (Å²) in [6.45, 7) is 4.07. The van der Waals surface area contributed by atoms with Gasteiger partial charge < -0.3 is 10.5 Å². The maximum atomic E-state index is 5.97. The van der Waals surface area contributed by atoms with Gasteiger partial charge >= 0.3 is 0 Å². The molecule has 3 heteroatoms. The second-order valence-electron chi connectivity index (χ2n) is 4.10. The number of ether oxygens (including phenoxy) is 1. The molecular weight excluding hydrogens is 212 g/mol. The van der Waals surface area contributed by atoms with E-state index in [2.05, 4.69) is 11.1 Å². The minimum absolute atomic E-state index is 0.743. The Hall–Kier alpha value is -2.03. The Morgan fingerprint density at radius 1 is 1.12 bits per heavy atom. The first-order valence-electron chi connectivity index (χ1n) is 5.48. The number of hydrogen-bond acceptors (Lipinski definition) is 3. The molecule has 0 aliphatic rings. The van der Waals surface area contributed by atoms with Gasteiger partial charge in [0.1, 0.15) is 5.75 Å². The SMILES string of the molecule is COc1cc(C)c(-c2cnccc2N)cc1C. The summed E-state index contributed by atoms with van der Waals surface area (Å²) in [5.41, 5.74) is 11.0. The summed E-state index contributed by atoms with van der Waals surface area (Å²) in [6.07, 6.45) is 3.49. The zero-order valence-corrected chi connectivity index (χ0v) is 10.3. The number of nitrogens with two attached hydrogens (primary N) is 1. The molecule has 0 atom stereocenters. The highest BCUT2D eigenvalue weighted by Crippen LogP contribution is 2.32. The van der Waals surface area contributed by atoms with E-state index in [1.165, 1.54) is 0 Å². The van der Waals surface area contributed by atoms with Gasteiger partial charge in [-0.25, -0.2) is 0 Å². The Morgan fingerprint density at radius 2 is 1.88 bits per heavy atom. The third-order valence-corrected chi connectivity index (χ3v) is 2.89. The van der Waals surface area contributed by atoms with E-state index in [-0.39, 0.29) is 0 Å². The van der Waals surface area contributed by atoms with Crippen LogP contribution in [0.1, 0.15) is 11.1 Å². The summed E-state index contributed by atoms with van der Waals surface area (Å²) >= 11 is 0. The van der Waals surface area contributed by atoms with Gasteiger partial charge in [0.25, 0.3) is 0 Å². The number of hydrogen-bond donors (Lipinski definition) is 1. The van der Waals surface area contributed by atoms with Crippen LogP contribution in [0.5, 0.6) is 5.75 Å². The lowest BCUT2D eigenvalue weighted by atomic mass is 9.98. The van der Waals surface area contributed by atoms with Crippen molar-refractivity contribution in [2.24, 2.45) is 0 Å². The molecule has 0 aliphatic carbocycles. The molecule has 2 rings (SSSR count). The van der Waals surface area contributed by atoms with Gasteiger partial charge in [-0.05, 0) is 48.7 Å². The van der Waals surface area contributed by atoms with Crippen LogP contribution in [0.3, 0.4) is 0 Å². The standard InChI is InChI=1S/C14H16N2O/c1-9-7-14(17-3)10(2)6-11(9)12-8-16-5-4-13(12)15/h4-8H,1-3H3,(H2,15,16). The Morgan fingerprint density at radius 3 is 2.53 bits per heavy atom. The number of pyridine rings is 1. The van der Waals surface area contributed by atoms with Gasteiger partial charge in [0.2, 0.25) is 0 Å². The average molecular weight is 228 g/mol. The number of methoxy groups -OCH3 is 1. The van der Waals surface area contributed by atoms with Crippen molar-refractivity contribution in [1.29, 1.82) is 0 Å². The van der Waals surface area contributed by atoms with Crippen LogP contribution in [0.25, 0.3) is 11.1 Å². The second kappa shape index (κ2) is 4.45. The van der Waals surface area contributed by atoms with Crippen LogP contribution >= 0.6 is 0 Å². The fourth-order valence-corrected chi connectivity index (χ4v) is 1.93. The monoisotopic (exact) mass is 228 g/mol. The van der Waals surface area contributed by atoms with Crippen LogP contribution in [-0.2, 0) is 0 Å². The normalized spacial score (nSPS) is 10.3. The first-order chi connectivity index (χ1) is 8.13. The van der Waals surface area contributed by atoms with Crippen LogP contribution in [0, 0.1) is 13.8 Å². The number of rotatable bonds is 2. The topological polar surface area (TPSA) is 48.1 Å². The van der Waals surface area contributed by atoms with E-state index in [0.717, 1.165) is 33.7 Å². The highest BCUT2D eigenvalue weighted by atomic mass is 16.5. The van der Waals surface area contributed by atoms with Crippen molar-refractivity contribution in [2.45, 2.75) is 13.8 Å². The minimum atomic E-state index is 0.743. The quantitative estimate of drug-likeness (QED) is 0.859. The molecule has 1 aromatic carbocycles. The first-order valence-corrected chi connectivity index (χ1v) is 5.48. The Bertz CT molecular complexity index is 550. The average Bonchev–Trinajstić information content (AvgIpc) is 2.32. The summed E-state index contributed by atoms with van der Waals surface area (Å²) in [6, 6.07) is 5.92. The smallest absolute Gasteiger partial charge is 0.122 e. The van der Waals surface area contributed by atoms with Gasteiger partial charge in [-0.1, -0.05) is 0 Å². The van der Waals surface area contributed by atoms with Crippen molar-refractivity contribution in [2.75, 3.05) is 12.8 Å². The largest absolute Gasteiger partial charge is 0.496 e. The van der Waals surface area contributed by atoms with E-state index in [4.69, 9.17) is 10.5 Å². The van der Waals surface area contributed by atoms with Gasteiger partial charge in [0.15, 0.2) is 0 Å². The van der Waals surface area contributed by atoms with E-state index in [9.17, 15) is 0 Å². The lowest BCUT2D eigenvalue weighted by Crippen LogP contribution is -1.95. The fourth-order valence-electron chi connectivity index (χ4n) is 1.93. The molecule has 0 saturated carbocycles. The van der Waals surface area contributed by atoms with Crippen molar-refractivity contribution in [3.05, 3.63) is 41.7 Å². The molecule has 3 nitrogen and oxygen atoms in total. The molecule has 2 N–H and O–H groups in total. The number of aryl methyl sites for hydroxylation is 2. The van der Waals surface area contributed by atoms with Crippen LogP contribution < -0.4 is 10.5 Å². The van der Waals surface area contributed by atoms with Crippen LogP contribution in [0.15, 0.2) is 30.6 Å². The fraction of sp³-hybridized carbons (Fsp3) is 0.214. The predicted molar refractivity (Wildman–Crippen MR) is 70.1 cm³/mol.